The zero-order valence-electron chi connectivity index (χ0n) is 19.7. The first-order chi connectivity index (χ1) is 18.0. The lowest BCUT2D eigenvalue weighted by Gasteiger charge is -2.12. The Balaban J connectivity index is 1.48. The average Bonchev–Trinajstić information content (AvgIpc) is 3.50. The third-order valence-electron chi connectivity index (χ3n) is 6.00. The van der Waals surface area contributed by atoms with Gasteiger partial charge in [0, 0.05) is 18.7 Å². The second kappa shape index (κ2) is 9.64. The fourth-order valence-electron chi connectivity index (χ4n) is 4.07. The van der Waals surface area contributed by atoms with Gasteiger partial charge in [0.05, 0.1) is 26.9 Å². The van der Waals surface area contributed by atoms with Crippen LogP contribution in [-0.4, -0.2) is 19.6 Å². The number of carbonyl (C=O) groups excluding carboxylic acids is 1. The minimum atomic E-state index is -4.54. The summed E-state index contributed by atoms with van der Waals surface area (Å²) in [5.74, 6) is -0.200. The molecule has 1 saturated heterocycles. The lowest BCUT2D eigenvalue weighted by molar-refractivity contribution is -0.137. The zero-order chi connectivity index (χ0) is 27.4. The van der Waals surface area contributed by atoms with Gasteiger partial charge in [0.1, 0.15) is 17.2 Å². The van der Waals surface area contributed by atoms with Crippen LogP contribution in [0.5, 0.6) is 0 Å². The Bertz CT molecular complexity index is 1690. The summed E-state index contributed by atoms with van der Waals surface area (Å²) in [6, 6.07) is 14.9. The van der Waals surface area contributed by atoms with Gasteiger partial charge in [-0.05, 0) is 49.4 Å². The highest BCUT2D eigenvalue weighted by molar-refractivity contribution is 8.27. The molecule has 2 aromatic carbocycles. The summed E-state index contributed by atoms with van der Waals surface area (Å²) in [6.45, 7) is 1.72. The monoisotopic (exact) mass is 575 g/mol. The van der Waals surface area contributed by atoms with Crippen LogP contribution >= 0.6 is 35.6 Å². The summed E-state index contributed by atoms with van der Waals surface area (Å²) in [6.07, 6.45) is -3.12. The molecule has 6 nitrogen and oxygen atoms in total. The number of alkyl halides is 3. The second-order valence-corrected chi connectivity index (χ2v) is 10.4. The van der Waals surface area contributed by atoms with Crippen molar-refractivity contribution in [1.29, 1.82) is 0 Å². The van der Waals surface area contributed by atoms with E-state index in [0.29, 0.717) is 11.4 Å². The molecule has 3 heterocycles. The van der Waals surface area contributed by atoms with E-state index in [4.69, 9.17) is 28.2 Å². The fraction of sp³-hybridized carbons (Fsp3) is 0.115. The van der Waals surface area contributed by atoms with E-state index in [1.807, 2.05) is 6.07 Å². The number of benzene rings is 2. The van der Waals surface area contributed by atoms with Crippen LogP contribution in [0.2, 0.25) is 5.02 Å². The van der Waals surface area contributed by atoms with Crippen LogP contribution in [-0.2, 0) is 18.0 Å². The van der Waals surface area contributed by atoms with Crippen molar-refractivity contribution < 1.29 is 22.4 Å². The Morgan fingerprint density at radius 2 is 1.76 bits per heavy atom. The lowest BCUT2D eigenvalue weighted by Crippen LogP contribution is -2.33. The van der Waals surface area contributed by atoms with Gasteiger partial charge in [0.25, 0.3) is 11.5 Å². The minimum Gasteiger partial charge on any atom is -0.457 e. The Kier molecular flexibility index (Phi) is 6.62. The van der Waals surface area contributed by atoms with Crippen LogP contribution in [0.1, 0.15) is 17.0 Å². The third-order valence-corrected chi connectivity index (χ3v) is 7.63. The molecule has 4 aromatic rings. The topological polar surface area (TPSA) is 60.4 Å². The summed E-state index contributed by atoms with van der Waals surface area (Å²) in [5, 5.41) is 0.0828. The van der Waals surface area contributed by atoms with Crippen LogP contribution in [0.25, 0.3) is 23.1 Å². The number of rotatable bonds is 4. The molecule has 1 amide bonds. The number of thiocarbonyl (C=S) groups is 1. The van der Waals surface area contributed by atoms with Crippen molar-refractivity contribution in [3.05, 3.63) is 98.0 Å². The highest BCUT2D eigenvalue weighted by atomic mass is 35.5. The molecular formula is C26H17ClF3N3O3S2. The van der Waals surface area contributed by atoms with Gasteiger partial charge >= 0.3 is 6.18 Å². The first-order valence-corrected chi connectivity index (χ1v) is 12.7. The number of halogens is 4. The van der Waals surface area contributed by atoms with Crippen LogP contribution in [0, 0.1) is 6.92 Å². The average molecular weight is 576 g/mol. The molecule has 1 fully saturated rings. The van der Waals surface area contributed by atoms with E-state index in [2.05, 4.69) is 0 Å². The fourth-order valence-corrected chi connectivity index (χ4v) is 5.53. The SMILES string of the molecule is Cc1c(N2C(=O)/C(=C/c3ccc(-c4cc(C(F)(F)F)ccc4Cl)o3)SC2=S)c(=O)n(-c2ccccc2)n1C. The quantitative estimate of drug-likeness (QED) is 0.197. The number of carbonyl (C=O) groups is 1. The van der Waals surface area contributed by atoms with E-state index in [1.54, 1.807) is 42.9 Å². The largest absolute Gasteiger partial charge is 0.457 e. The van der Waals surface area contributed by atoms with Gasteiger partial charge in [-0.2, -0.15) is 13.2 Å². The summed E-state index contributed by atoms with van der Waals surface area (Å²) in [4.78, 5) is 28.2. The van der Waals surface area contributed by atoms with Gasteiger partial charge in [0.2, 0.25) is 0 Å². The Morgan fingerprint density at radius 3 is 2.45 bits per heavy atom. The molecule has 38 heavy (non-hydrogen) atoms. The summed E-state index contributed by atoms with van der Waals surface area (Å²) in [7, 11) is 1.71. The van der Waals surface area contributed by atoms with Crippen LogP contribution < -0.4 is 10.5 Å². The summed E-state index contributed by atoms with van der Waals surface area (Å²) < 4.78 is 48.5. The first kappa shape index (κ1) is 26.1. The van der Waals surface area contributed by atoms with Crippen molar-refractivity contribution in [2.45, 2.75) is 13.1 Å². The van der Waals surface area contributed by atoms with E-state index in [1.165, 1.54) is 27.8 Å². The van der Waals surface area contributed by atoms with E-state index in [0.717, 1.165) is 30.0 Å². The van der Waals surface area contributed by atoms with Crippen molar-refractivity contribution in [1.82, 2.24) is 9.36 Å². The summed E-state index contributed by atoms with van der Waals surface area (Å²) in [5.41, 5.74) is 0.0964. The van der Waals surface area contributed by atoms with E-state index >= 15 is 0 Å². The van der Waals surface area contributed by atoms with Crippen LogP contribution in [0.4, 0.5) is 18.9 Å². The molecule has 0 aliphatic carbocycles. The number of amides is 1. The molecule has 1 aliphatic rings. The molecule has 0 unspecified atom stereocenters. The Morgan fingerprint density at radius 1 is 1.05 bits per heavy atom. The van der Waals surface area contributed by atoms with Gasteiger partial charge < -0.3 is 4.42 Å². The maximum absolute atomic E-state index is 13.4. The molecule has 0 bridgehead atoms. The van der Waals surface area contributed by atoms with Crippen molar-refractivity contribution in [3.63, 3.8) is 0 Å². The van der Waals surface area contributed by atoms with E-state index in [9.17, 15) is 22.8 Å². The van der Waals surface area contributed by atoms with Crippen molar-refractivity contribution in [3.8, 4) is 17.0 Å². The number of nitrogens with zero attached hydrogens (tertiary/aromatic N) is 3. The van der Waals surface area contributed by atoms with Crippen LogP contribution in [0.15, 0.2) is 74.8 Å². The normalized spacial score (nSPS) is 15.2. The molecule has 0 spiro atoms. The smallest absolute Gasteiger partial charge is 0.416 e. The number of anilines is 1. The van der Waals surface area contributed by atoms with Crippen molar-refractivity contribution >= 4 is 57.6 Å². The number of hydrogen-bond donors (Lipinski definition) is 0. The van der Waals surface area contributed by atoms with Gasteiger partial charge in [-0.3, -0.25) is 19.2 Å². The van der Waals surface area contributed by atoms with Gasteiger partial charge in [-0.15, -0.1) is 0 Å². The minimum absolute atomic E-state index is 0.0649. The number of furan rings is 1. The molecule has 0 N–H and O–H groups in total. The molecule has 12 heteroatoms. The van der Waals surface area contributed by atoms with E-state index in [-0.39, 0.29) is 37.0 Å². The zero-order valence-corrected chi connectivity index (χ0v) is 22.1. The van der Waals surface area contributed by atoms with Crippen LogP contribution in [0.3, 0.4) is 0 Å². The Labute approximate surface area is 228 Å². The molecule has 2 aromatic heterocycles. The summed E-state index contributed by atoms with van der Waals surface area (Å²) >= 11 is 12.6. The Hall–Kier alpha value is -3.54. The predicted molar refractivity (Wildman–Crippen MR) is 146 cm³/mol. The standard InChI is InChI=1S/C26H17ClF3N3O3S2/c1-14-22(24(35)33(31(14)2)16-6-4-3-5-7-16)32-23(34)21(38-25(32)37)13-17-9-11-20(36-17)18-12-15(26(28,29)30)8-10-19(18)27/h3-13H,1-2H3/b21-13-. The molecular weight excluding hydrogens is 559 g/mol. The lowest BCUT2D eigenvalue weighted by atomic mass is 10.1. The number of hydrogen-bond acceptors (Lipinski definition) is 5. The molecule has 0 atom stereocenters. The predicted octanol–water partition coefficient (Wildman–Crippen LogP) is 6.82. The molecule has 5 rings (SSSR count). The highest BCUT2D eigenvalue weighted by Gasteiger charge is 2.38. The maximum Gasteiger partial charge on any atom is 0.416 e. The van der Waals surface area contributed by atoms with Gasteiger partial charge in [0.15, 0.2) is 4.32 Å². The van der Waals surface area contributed by atoms with Crippen molar-refractivity contribution in [2.24, 2.45) is 7.05 Å². The first-order valence-electron chi connectivity index (χ1n) is 11.1. The molecule has 0 saturated carbocycles. The molecule has 1 aliphatic heterocycles. The highest BCUT2D eigenvalue weighted by Crippen LogP contribution is 2.39. The molecule has 0 radical (unpaired) electrons. The van der Waals surface area contributed by atoms with Gasteiger partial charge in [-0.1, -0.05) is 53.8 Å². The molecule has 194 valence electrons. The third kappa shape index (κ3) is 4.50. The second-order valence-electron chi connectivity index (χ2n) is 8.32. The maximum atomic E-state index is 13.4. The van der Waals surface area contributed by atoms with Crippen molar-refractivity contribution in [2.75, 3.05) is 4.90 Å². The number of aromatic nitrogens is 2. The number of thioether (sulfide) groups is 1. The number of para-hydroxylation sites is 1. The van der Waals surface area contributed by atoms with E-state index < -0.39 is 23.2 Å². The van der Waals surface area contributed by atoms with Gasteiger partial charge in [-0.25, -0.2) is 4.68 Å².